The lowest BCUT2D eigenvalue weighted by molar-refractivity contribution is 0.0635. The Morgan fingerprint density at radius 2 is 2.21 bits per heavy atom. The Morgan fingerprint density at radius 1 is 1.57 bits per heavy atom. The Morgan fingerprint density at radius 3 is 2.64 bits per heavy atom. The van der Waals surface area contributed by atoms with Crippen LogP contribution in [0.3, 0.4) is 0 Å². The maximum atomic E-state index is 11.3. The molecule has 0 radical (unpaired) electrons. The molecule has 1 N–H and O–H groups in total. The van der Waals surface area contributed by atoms with Crippen LogP contribution in [0.4, 0.5) is 10.6 Å². The topological polar surface area (TPSA) is 56.2 Å². The Hall–Kier alpha value is -1.52. The molecule has 0 aliphatic rings. The summed E-state index contributed by atoms with van der Waals surface area (Å²) in [5, 5.41) is 6.51. The van der Waals surface area contributed by atoms with Crippen LogP contribution < -0.4 is 5.32 Å². The summed E-state index contributed by atoms with van der Waals surface area (Å²) in [7, 11) is 1.78. The van der Waals surface area contributed by atoms with Gasteiger partial charge >= 0.3 is 6.09 Å². The SMILES string of the molecule is Cn1ccc(NC(=O)OC(C)(C)C)n1. The van der Waals surface area contributed by atoms with Gasteiger partial charge in [-0.1, -0.05) is 0 Å². The minimum Gasteiger partial charge on any atom is -0.444 e. The van der Waals surface area contributed by atoms with Crippen LogP contribution in [-0.2, 0) is 11.8 Å². The molecule has 1 aromatic rings. The van der Waals surface area contributed by atoms with E-state index in [-0.39, 0.29) is 0 Å². The second-order valence-electron chi connectivity index (χ2n) is 4.00. The second kappa shape index (κ2) is 3.69. The van der Waals surface area contributed by atoms with Gasteiger partial charge in [-0.05, 0) is 20.8 Å². The molecule has 0 fully saturated rings. The number of rotatable bonds is 1. The minimum atomic E-state index is -0.490. The van der Waals surface area contributed by atoms with Gasteiger partial charge in [0.2, 0.25) is 0 Å². The molecule has 5 nitrogen and oxygen atoms in total. The zero-order valence-corrected chi connectivity index (χ0v) is 8.87. The van der Waals surface area contributed by atoms with Crippen LogP contribution in [-0.4, -0.2) is 21.5 Å². The van der Waals surface area contributed by atoms with Gasteiger partial charge in [-0.25, -0.2) is 4.79 Å². The molecule has 0 aliphatic heterocycles. The largest absolute Gasteiger partial charge is 0.444 e. The number of amides is 1. The van der Waals surface area contributed by atoms with E-state index in [9.17, 15) is 4.79 Å². The van der Waals surface area contributed by atoms with Crippen LogP contribution in [0, 0.1) is 0 Å². The summed E-state index contributed by atoms with van der Waals surface area (Å²) in [6.45, 7) is 5.43. The van der Waals surface area contributed by atoms with Gasteiger partial charge in [0, 0.05) is 19.3 Å². The summed E-state index contributed by atoms with van der Waals surface area (Å²) in [4.78, 5) is 11.3. The molecule has 0 saturated heterocycles. The standard InChI is InChI=1S/C9H15N3O2/c1-9(2,3)14-8(13)10-7-5-6-12(4)11-7/h5-6H,1-4H3,(H,10,11,13). The van der Waals surface area contributed by atoms with Gasteiger partial charge in [0.25, 0.3) is 0 Å². The summed E-state index contributed by atoms with van der Waals surface area (Å²) in [5.41, 5.74) is -0.487. The average Bonchev–Trinajstić information content (AvgIpc) is 2.30. The number of hydrogen-bond acceptors (Lipinski definition) is 3. The lowest BCUT2D eigenvalue weighted by Gasteiger charge is -2.18. The molecular formula is C9H15N3O2. The molecule has 0 spiro atoms. The number of aryl methyl sites for hydroxylation is 1. The van der Waals surface area contributed by atoms with Crippen molar-refractivity contribution < 1.29 is 9.53 Å². The molecule has 1 heterocycles. The molecular weight excluding hydrogens is 182 g/mol. The average molecular weight is 197 g/mol. The second-order valence-corrected chi connectivity index (χ2v) is 4.00. The van der Waals surface area contributed by atoms with E-state index in [1.807, 2.05) is 20.8 Å². The molecule has 1 rings (SSSR count). The van der Waals surface area contributed by atoms with Crippen LogP contribution in [0.15, 0.2) is 12.3 Å². The number of ether oxygens (including phenoxy) is 1. The Bertz CT molecular complexity index is 325. The molecule has 5 heteroatoms. The molecule has 14 heavy (non-hydrogen) atoms. The Kier molecular flexibility index (Phi) is 2.78. The van der Waals surface area contributed by atoms with Crippen molar-refractivity contribution in [3.8, 4) is 0 Å². The molecule has 0 saturated carbocycles. The van der Waals surface area contributed by atoms with Crippen LogP contribution in [0.25, 0.3) is 0 Å². The fourth-order valence-electron chi connectivity index (χ4n) is 0.890. The van der Waals surface area contributed by atoms with E-state index >= 15 is 0 Å². The third-order valence-electron chi connectivity index (χ3n) is 1.34. The Balaban J connectivity index is 2.50. The zero-order valence-electron chi connectivity index (χ0n) is 8.87. The monoisotopic (exact) mass is 197 g/mol. The Labute approximate surface area is 83.1 Å². The van der Waals surface area contributed by atoms with Gasteiger partial charge in [-0.2, -0.15) is 5.10 Å². The van der Waals surface area contributed by atoms with E-state index in [2.05, 4.69) is 10.4 Å². The van der Waals surface area contributed by atoms with Gasteiger partial charge in [0.15, 0.2) is 5.82 Å². The van der Waals surface area contributed by atoms with Crippen molar-refractivity contribution in [1.29, 1.82) is 0 Å². The molecule has 0 atom stereocenters. The van der Waals surface area contributed by atoms with E-state index in [0.717, 1.165) is 0 Å². The van der Waals surface area contributed by atoms with E-state index in [0.29, 0.717) is 5.82 Å². The molecule has 1 aromatic heterocycles. The van der Waals surface area contributed by atoms with Crippen LogP contribution in [0.5, 0.6) is 0 Å². The number of carbonyl (C=O) groups excluding carboxylic acids is 1. The predicted octanol–water partition coefficient (Wildman–Crippen LogP) is 1.77. The smallest absolute Gasteiger partial charge is 0.413 e. The van der Waals surface area contributed by atoms with Crippen molar-refractivity contribution in [3.63, 3.8) is 0 Å². The molecule has 0 unspecified atom stereocenters. The van der Waals surface area contributed by atoms with Crippen molar-refractivity contribution in [1.82, 2.24) is 9.78 Å². The summed E-state index contributed by atoms with van der Waals surface area (Å²) in [6.07, 6.45) is 1.25. The zero-order chi connectivity index (χ0) is 10.8. The lowest BCUT2D eigenvalue weighted by Crippen LogP contribution is -2.27. The first-order valence-corrected chi connectivity index (χ1v) is 4.36. The van der Waals surface area contributed by atoms with Crippen LogP contribution in [0.2, 0.25) is 0 Å². The van der Waals surface area contributed by atoms with E-state index in [1.54, 1.807) is 24.0 Å². The number of nitrogens with one attached hydrogen (secondary N) is 1. The highest BCUT2D eigenvalue weighted by molar-refractivity contribution is 5.83. The van der Waals surface area contributed by atoms with Gasteiger partial charge in [-0.3, -0.25) is 10.00 Å². The number of aromatic nitrogens is 2. The highest BCUT2D eigenvalue weighted by Gasteiger charge is 2.16. The van der Waals surface area contributed by atoms with Crippen molar-refractivity contribution in [2.45, 2.75) is 26.4 Å². The van der Waals surface area contributed by atoms with Gasteiger partial charge in [-0.15, -0.1) is 0 Å². The number of carbonyl (C=O) groups is 1. The molecule has 0 aliphatic carbocycles. The number of nitrogens with zero attached hydrogens (tertiary/aromatic N) is 2. The van der Waals surface area contributed by atoms with Crippen LogP contribution >= 0.6 is 0 Å². The van der Waals surface area contributed by atoms with Crippen molar-refractivity contribution in [2.75, 3.05) is 5.32 Å². The maximum absolute atomic E-state index is 11.3. The third-order valence-corrected chi connectivity index (χ3v) is 1.34. The van der Waals surface area contributed by atoms with Crippen molar-refractivity contribution >= 4 is 11.9 Å². The highest BCUT2D eigenvalue weighted by atomic mass is 16.6. The molecule has 0 aromatic carbocycles. The summed E-state index contributed by atoms with van der Waals surface area (Å²) in [6, 6.07) is 1.70. The summed E-state index contributed by atoms with van der Waals surface area (Å²) >= 11 is 0. The first kappa shape index (κ1) is 10.6. The van der Waals surface area contributed by atoms with Crippen molar-refractivity contribution in [2.24, 2.45) is 7.05 Å². The maximum Gasteiger partial charge on any atom is 0.413 e. The minimum absolute atomic E-state index is 0.487. The highest BCUT2D eigenvalue weighted by Crippen LogP contribution is 2.09. The van der Waals surface area contributed by atoms with Gasteiger partial charge in [0.05, 0.1) is 0 Å². The fraction of sp³-hybridized carbons (Fsp3) is 0.556. The quantitative estimate of drug-likeness (QED) is 0.746. The lowest BCUT2D eigenvalue weighted by atomic mass is 10.2. The fourth-order valence-corrected chi connectivity index (χ4v) is 0.890. The summed E-state index contributed by atoms with van der Waals surface area (Å²) in [5.74, 6) is 0.488. The number of hydrogen-bond donors (Lipinski definition) is 1. The van der Waals surface area contributed by atoms with Crippen LogP contribution in [0.1, 0.15) is 20.8 Å². The van der Waals surface area contributed by atoms with Crippen molar-refractivity contribution in [3.05, 3.63) is 12.3 Å². The van der Waals surface area contributed by atoms with E-state index in [4.69, 9.17) is 4.74 Å². The first-order valence-electron chi connectivity index (χ1n) is 4.36. The molecule has 78 valence electrons. The predicted molar refractivity (Wildman–Crippen MR) is 53.1 cm³/mol. The molecule has 0 bridgehead atoms. The molecule has 1 amide bonds. The normalized spacial score (nSPS) is 11.1. The van der Waals surface area contributed by atoms with E-state index < -0.39 is 11.7 Å². The number of anilines is 1. The third kappa shape index (κ3) is 3.47. The van der Waals surface area contributed by atoms with Gasteiger partial charge in [0.1, 0.15) is 5.60 Å². The van der Waals surface area contributed by atoms with E-state index in [1.165, 1.54) is 0 Å². The van der Waals surface area contributed by atoms with Gasteiger partial charge < -0.3 is 4.74 Å². The first-order chi connectivity index (χ1) is 6.37. The summed E-state index contributed by atoms with van der Waals surface area (Å²) < 4.78 is 6.66.